The molecule has 0 radical (unpaired) electrons. The van der Waals surface area contributed by atoms with Crippen molar-refractivity contribution in [1.82, 2.24) is 18.9 Å². The van der Waals surface area contributed by atoms with E-state index in [1.165, 1.54) is 12.1 Å². The van der Waals surface area contributed by atoms with Crippen LogP contribution in [0.4, 0.5) is 0 Å². The Kier molecular flexibility index (Phi) is 6.16. The van der Waals surface area contributed by atoms with Crippen molar-refractivity contribution in [3.63, 3.8) is 0 Å². The summed E-state index contributed by atoms with van der Waals surface area (Å²) in [5.41, 5.74) is -1.81. The van der Waals surface area contributed by atoms with E-state index < -0.39 is 83.6 Å². The van der Waals surface area contributed by atoms with Gasteiger partial charge in [-0.05, 0) is 42.5 Å². The van der Waals surface area contributed by atoms with Gasteiger partial charge in [0.2, 0.25) is 0 Å². The van der Waals surface area contributed by atoms with Gasteiger partial charge in [0.05, 0.1) is 32.5 Å². The zero-order valence-corrected chi connectivity index (χ0v) is 22.5. The number of benzene rings is 3. The minimum atomic E-state index is -5.37. The van der Waals surface area contributed by atoms with Gasteiger partial charge in [0, 0.05) is 5.56 Å². The largest absolute Gasteiger partial charge is 0.365 e. The summed E-state index contributed by atoms with van der Waals surface area (Å²) >= 11 is 0. The van der Waals surface area contributed by atoms with Gasteiger partial charge in [0.25, 0.3) is 30.4 Å². The summed E-state index contributed by atoms with van der Waals surface area (Å²) in [6.07, 6.45) is 0. The molecular formula is C20H14N4O12S4. The fraction of sp³-hybridized carbons (Fsp3) is 0. The van der Waals surface area contributed by atoms with E-state index in [0.717, 1.165) is 12.1 Å². The molecule has 0 aliphatic carbocycles. The highest BCUT2D eigenvalue weighted by molar-refractivity contribution is 7.87. The predicted molar refractivity (Wildman–Crippen MR) is 137 cm³/mol. The number of aromatic amines is 1. The number of hydrogen-bond donors (Lipinski definition) is 5. The van der Waals surface area contributed by atoms with Crippen molar-refractivity contribution in [3.8, 4) is 22.8 Å². The zero-order chi connectivity index (χ0) is 29.4. The van der Waals surface area contributed by atoms with Crippen LogP contribution in [0, 0.1) is 0 Å². The maximum absolute atomic E-state index is 12.5. The van der Waals surface area contributed by atoms with E-state index in [2.05, 4.69) is 15.0 Å². The molecule has 0 unspecified atom stereocenters. The van der Waals surface area contributed by atoms with Gasteiger partial charge in [-0.2, -0.15) is 37.6 Å². The summed E-state index contributed by atoms with van der Waals surface area (Å²) in [5, 5.41) is 0. The monoisotopic (exact) mass is 630 g/mol. The van der Waals surface area contributed by atoms with Crippen LogP contribution in [0.2, 0.25) is 0 Å². The molecule has 2 heterocycles. The van der Waals surface area contributed by atoms with Gasteiger partial charge in [0.15, 0.2) is 5.82 Å². The van der Waals surface area contributed by atoms with Gasteiger partial charge in [-0.15, -0.1) is 0 Å². The van der Waals surface area contributed by atoms with Crippen LogP contribution < -0.4 is 0 Å². The molecule has 5 N–H and O–H groups in total. The lowest BCUT2D eigenvalue weighted by Gasteiger charge is -2.13. The van der Waals surface area contributed by atoms with Crippen molar-refractivity contribution < 1.29 is 51.9 Å². The van der Waals surface area contributed by atoms with Crippen LogP contribution in [-0.4, -0.2) is 70.8 Å². The summed E-state index contributed by atoms with van der Waals surface area (Å²) in [6.45, 7) is 0. The standard InChI is InChI=1S/C20H14N4O12S4/c25-37(26,27)11-5-6-14-15(9-11)24(40(34,35)36)20(23-14)10-7-16(38(28,29)30)18(17(8-10)39(31,32)33)19-21-12-3-1-2-4-13(12)22-19/h1-9H,(H,21,22)(H,25,26,27)(H,28,29,30)(H,31,32,33)(H,34,35,36). The van der Waals surface area contributed by atoms with Crippen LogP contribution in [0.25, 0.3) is 44.8 Å². The molecule has 0 aliphatic rings. The van der Waals surface area contributed by atoms with E-state index in [1.54, 1.807) is 12.1 Å². The fourth-order valence-corrected chi connectivity index (χ4v) is 6.85. The normalized spacial score (nSPS) is 13.3. The number of rotatable bonds is 6. The van der Waals surface area contributed by atoms with Crippen LogP contribution in [-0.2, 0) is 40.7 Å². The maximum atomic E-state index is 12.5. The Balaban J connectivity index is 1.93. The van der Waals surface area contributed by atoms with Crippen molar-refractivity contribution in [2.75, 3.05) is 0 Å². The summed E-state index contributed by atoms with van der Waals surface area (Å²) in [6, 6.07) is 9.84. The molecule has 2 aromatic heterocycles. The topological polar surface area (TPSA) is 264 Å². The second-order valence-corrected chi connectivity index (χ2v) is 13.7. The molecule has 210 valence electrons. The first-order chi connectivity index (χ1) is 18.4. The third kappa shape index (κ3) is 4.86. The van der Waals surface area contributed by atoms with E-state index in [4.69, 9.17) is 0 Å². The van der Waals surface area contributed by atoms with Crippen molar-refractivity contribution in [3.05, 3.63) is 54.6 Å². The van der Waals surface area contributed by atoms with Crippen LogP contribution in [0.3, 0.4) is 0 Å². The number of imidazole rings is 2. The molecule has 0 bridgehead atoms. The molecule has 16 nitrogen and oxygen atoms in total. The average Bonchev–Trinajstić information content (AvgIpc) is 3.42. The van der Waals surface area contributed by atoms with Gasteiger partial charge >= 0.3 is 10.3 Å². The Bertz CT molecular complexity index is 2240. The Morgan fingerprint density at radius 1 is 0.675 bits per heavy atom. The van der Waals surface area contributed by atoms with Crippen molar-refractivity contribution in [2.24, 2.45) is 0 Å². The van der Waals surface area contributed by atoms with E-state index in [9.17, 15) is 51.9 Å². The average molecular weight is 631 g/mol. The number of H-pyrrole nitrogens is 1. The number of nitrogens with one attached hydrogen (secondary N) is 1. The third-order valence-electron chi connectivity index (χ3n) is 5.62. The smallest absolute Gasteiger partial charge is 0.338 e. The first kappa shape index (κ1) is 27.8. The molecule has 3 aromatic carbocycles. The number of aromatic nitrogens is 4. The predicted octanol–water partition coefficient (Wildman–Crippen LogP) is 1.64. The molecule has 0 fully saturated rings. The number of nitrogens with zero attached hydrogens (tertiary/aromatic N) is 3. The van der Waals surface area contributed by atoms with Gasteiger partial charge in [-0.3, -0.25) is 18.2 Å². The van der Waals surface area contributed by atoms with Gasteiger partial charge < -0.3 is 4.98 Å². The molecule has 0 amide bonds. The number of fused-ring (bicyclic) bond motifs is 2. The minimum Gasteiger partial charge on any atom is -0.338 e. The Labute approximate surface area is 225 Å². The molecule has 0 atom stereocenters. The molecule has 5 aromatic rings. The molecule has 0 spiro atoms. The molecule has 5 rings (SSSR count). The minimum absolute atomic E-state index is 0.0365. The lowest BCUT2D eigenvalue weighted by Crippen LogP contribution is -2.14. The van der Waals surface area contributed by atoms with Crippen molar-refractivity contribution in [2.45, 2.75) is 14.7 Å². The van der Waals surface area contributed by atoms with E-state index in [0.29, 0.717) is 23.7 Å². The molecule has 0 aliphatic heterocycles. The molecular weight excluding hydrogens is 617 g/mol. The third-order valence-corrected chi connectivity index (χ3v) is 9.06. The van der Waals surface area contributed by atoms with Crippen molar-refractivity contribution in [1.29, 1.82) is 0 Å². The zero-order valence-electron chi connectivity index (χ0n) is 19.2. The highest BCUT2D eigenvalue weighted by Gasteiger charge is 2.32. The van der Waals surface area contributed by atoms with Gasteiger partial charge in [0.1, 0.15) is 15.6 Å². The summed E-state index contributed by atoms with van der Waals surface area (Å²) in [4.78, 5) is 7.62. The molecule has 0 saturated heterocycles. The molecule has 20 heteroatoms. The molecule has 0 saturated carbocycles. The lowest BCUT2D eigenvalue weighted by molar-refractivity contribution is 0.473. The van der Waals surface area contributed by atoms with Crippen LogP contribution >= 0.6 is 0 Å². The second-order valence-electron chi connectivity index (χ2n) is 8.20. The highest BCUT2D eigenvalue weighted by atomic mass is 32.2. The maximum Gasteiger partial charge on any atom is 0.365 e. The lowest BCUT2D eigenvalue weighted by atomic mass is 10.1. The van der Waals surface area contributed by atoms with E-state index in [1.807, 2.05) is 0 Å². The van der Waals surface area contributed by atoms with Gasteiger partial charge in [-0.25, -0.2) is 9.97 Å². The quantitative estimate of drug-likeness (QED) is 0.167. The van der Waals surface area contributed by atoms with E-state index >= 15 is 0 Å². The Morgan fingerprint density at radius 2 is 1.27 bits per heavy atom. The van der Waals surface area contributed by atoms with Crippen LogP contribution in [0.15, 0.2) is 69.3 Å². The van der Waals surface area contributed by atoms with Crippen molar-refractivity contribution >= 4 is 62.7 Å². The summed E-state index contributed by atoms with van der Waals surface area (Å²) < 4.78 is 137. The summed E-state index contributed by atoms with van der Waals surface area (Å²) in [7, 11) is -20.9. The first-order valence-corrected chi connectivity index (χ1v) is 16.1. The van der Waals surface area contributed by atoms with E-state index in [-0.39, 0.29) is 15.0 Å². The highest BCUT2D eigenvalue weighted by Crippen LogP contribution is 2.38. The fourth-order valence-electron chi connectivity index (χ4n) is 4.04. The van der Waals surface area contributed by atoms with Crippen LogP contribution in [0.1, 0.15) is 0 Å². The van der Waals surface area contributed by atoms with Crippen LogP contribution in [0.5, 0.6) is 0 Å². The first-order valence-electron chi connectivity index (χ1n) is 10.4. The second kappa shape index (κ2) is 8.87. The number of hydrogen-bond acceptors (Lipinski definition) is 10. The Morgan fingerprint density at radius 3 is 1.80 bits per heavy atom. The Hall–Kier alpha value is -3.76. The number of para-hydroxylation sites is 2. The summed E-state index contributed by atoms with van der Waals surface area (Å²) in [5.74, 6) is -1.26. The SMILES string of the molecule is O=S(=O)(O)c1ccc2nc(-c3cc(S(=O)(=O)O)c(-c4nc5ccccc5[nH]4)c(S(=O)(=O)O)c3)n(S(=O)(=O)O)c2c1. The van der Waals surface area contributed by atoms with Gasteiger partial charge in [-0.1, -0.05) is 12.1 Å². The molecule has 40 heavy (non-hydrogen) atoms.